The standard InChI is InChI=1S/C16H29N3/c1-13-6-4-7-14(2)19(13)11-5-10-16(3,12-17)18-15-8-9-15/h13-15,18H,4-11H2,1-3H3. The number of rotatable bonds is 6. The van der Waals surface area contributed by atoms with Crippen molar-refractivity contribution in [2.45, 2.75) is 89.4 Å². The highest BCUT2D eigenvalue weighted by Crippen LogP contribution is 2.26. The van der Waals surface area contributed by atoms with Gasteiger partial charge in [0.1, 0.15) is 5.54 Å². The minimum atomic E-state index is -0.316. The second kappa shape index (κ2) is 6.24. The van der Waals surface area contributed by atoms with Gasteiger partial charge in [-0.2, -0.15) is 5.26 Å². The van der Waals surface area contributed by atoms with Gasteiger partial charge in [-0.1, -0.05) is 6.42 Å². The molecule has 2 fully saturated rings. The topological polar surface area (TPSA) is 39.1 Å². The maximum atomic E-state index is 9.38. The monoisotopic (exact) mass is 263 g/mol. The molecule has 1 heterocycles. The molecule has 1 saturated carbocycles. The molecule has 0 aromatic heterocycles. The molecule has 19 heavy (non-hydrogen) atoms. The van der Waals surface area contributed by atoms with Crippen LogP contribution in [0.4, 0.5) is 0 Å². The van der Waals surface area contributed by atoms with Crippen LogP contribution in [0, 0.1) is 11.3 Å². The first-order valence-corrected chi connectivity index (χ1v) is 7.99. The first-order valence-electron chi connectivity index (χ1n) is 7.99. The van der Waals surface area contributed by atoms with E-state index in [2.05, 4.69) is 37.1 Å². The number of hydrogen-bond donors (Lipinski definition) is 1. The van der Waals surface area contributed by atoms with Crippen LogP contribution in [-0.4, -0.2) is 35.1 Å². The predicted octanol–water partition coefficient (Wildman–Crippen LogP) is 3.06. The molecule has 2 aliphatic rings. The van der Waals surface area contributed by atoms with Gasteiger partial charge < -0.3 is 0 Å². The molecule has 0 amide bonds. The molecular formula is C16H29N3. The van der Waals surface area contributed by atoms with E-state index in [-0.39, 0.29) is 5.54 Å². The Hall–Kier alpha value is -0.590. The van der Waals surface area contributed by atoms with Crippen molar-refractivity contribution in [3.8, 4) is 6.07 Å². The second-order valence-corrected chi connectivity index (χ2v) is 6.83. The van der Waals surface area contributed by atoms with Gasteiger partial charge >= 0.3 is 0 Å². The Kier molecular flexibility index (Phi) is 4.86. The van der Waals surface area contributed by atoms with E-state index < -0.39 is 0 Å². The van der Waals surface area contributed by atoms with E-state index >= 15 is 0 Å². The van der Waals surface area contributed by atoms with Gasteiger partial charge in [0.2, 0.25) is 0 Å². The second-order valence-electron chi connectivity index (χ2n) is 6.83. The molecule has 1 aliphatic heterocycles. The summed E-state index contributed by atoms with van der Waals surface area (Å²) in [6, 6.07) is 4.52. The van der Waals surface area contributed by atoms with Crippen LogP contribution in [0.15, 0.2) is 0 Å². The number of piperidine rings is 1. The van der Waals surface area contributed by atoms with E-state index in [0.717, 1.165) is 19.4 Å². The van der Waals surface area contributed by atoms with E-state index in [9.17, 15) is 5.26 Å². The van der Waals surface area contributed by atoms with Crippen molar-refractivity contribution in [3.05, 3.63) is 0 Å². The highest BCUT2D eigenvalue weighted by molar-refractivity contribution is 5.07. The molecule has 1 N–H and O–H groups in total. The molecule has 108 valence electrons. The van der Waals surface area contributed by atoms with Crippen LogP contribution in [0.5, 0.6) is 0 Å². The number of nitrogens with zero attached hydrogens (tertiary/aromatic N) is 2. The van der Waals surface area contributed by atoms with Crippen LogP contribution < -0.4 is 5.32 Å². The molecule has 0 radical (unpaired) electrons. The van der Waals surface area contributed by atoms with E-state index in [1.807, 2.05) is 0 Å². The third-order valence-electron chi connectivity index (χ3n) is 4.82. The van der Waals surface area contributed by atoms with Crippen LogP contribution in [0.1, 0.15) is 65.7 Å². The highest BCUT2D eigenvalue weighted by Gasteiger charge is 2.32. The minimum absolute atomic E-state index is 0.316. The normalized spacial score (nSPS) is 31.7. The zero-order valence-corrected chi connectivity index (χ0v) is 12.8. The number of likely N-dealkylation sites (tertiary alicyclic amines) is 1. The zero-order valence-electron chi connectivity index (χ0n) is 12.8. The van der Waals surface area contributed by atoms with Crippen molar-refractivity contribution in [3.63, 3.8) is 0 Å². The van der Waals surface area contributed by atoms with Gasteiger partial charge in [-0.3, -0.25) is 10.2 Å². The molecule has 0 bridgehead atoms. The van der Waals surface area contributed by atoms with E-state index in [1.54, 1.807) is 0 Å². The Morgan fingerprint density at radius 2 is 1.84 bits per heavy atom. The molecule has 3 unspecified atom stereocenters. The molecule has 2 rings (SSSR count). The summed E-state index contributed by atoms with van der Waals surface area (Å²) < 4.78 is 0. The Labute approximate surface area is 118 Å². The van der Waals surface area contributed by atoms with Gasteiger partial charge in [0.15, 0.2) is 0 Å². The van der Waals surface area contributed by atoms with Crippen LogP contribution in [0.3, 0.4) is 0 Å². The van der Waals surface area contributed by atoms with Crippen molar-refractivity contribution in [2.24, 2.45) is 0 Å². The van der Waals surface area contributed by atoms with E-state index in [4.69, 9.17) is 0 Å². The SMILES string of the molecule is CC1CCCC(C)N1CCCC(C)(C#N)NC1CC1. The van der Waals surface area contributed by atoms with Gasteiger partial charge in [0.25, 0.3) is 0 Å². The van der Waals surface area contributed by atoms with Crippen molar-refractivity contribution >= 4 is 0 Å². The van der Waals surface area contributed by atoms with Crippen molar-refractivity contribution in [1.29, 1.82) is 5.26 Å². The predicted molar refractivity (Wildman–Crippen MR) is 78.9 cm³/mol. The first-order chi connectivity index (χ1) is 9.04. The maximum absolute atomic E-state index is 9.38. The van der Waals surface area contributed by atoms with Crippen molar-refractivity contribution in [2.75, 3.05) is 6.54 Å². The summed E-state index contributed by atoms with van der Waals surface area (Å²) in [5.41, 5.74) is -0.316. The molecule has 3 atom stereocenters. The third kappa shape index (κ3) is 4.19. The minimum Gasteiger partial charge on any atom is -0.298 e. The fourth-order valence-electron chi connectivity index (χ4n) is 3.37. The average molecular weight is 263 g/mol. The summed E-state index contributed by atoms with van der Waals surface area (Å²) in [5, 5.41) is 12.9. The summed E-state index contributed by atoms with van der Waals surface area (Å²) in [5.74, 6) is 0. The van der Waals surface area contributed by atoms with Crippen LogP contribution in [0.2, 0.25) is 0 Å². The van der Waals surface area contributed by atoms with Gasteiger partial charge in [0.05, 0.1) is 6.07 Å². The summed E-state index contributed by atoms with van der Waals surface area (Å²) in [7, 11) is 0. The summed E-state index contributed by atoms with van der Waals surface area (Å²) in [4.78, 5) is 2.64. The van der Waals surface area contributed by atoms with Crippen molar-refractivity contribution < 1.29 is 0 Å². The number of nitriles is 1. The summed E-state index contributed by atoms with van der Waals surface area (Å²) in [6.07, 6.45) is 8.63. The van der Waals surface area contributed by atoms with Crippen LogP contribution in [-0.2, 0) is 0 Å². The molecule has 0 aromatic carbocycles. The average Bonchev–Trinajstić information content (AvgIpc) is 3.17. The lowest BCUT2D eigenvalue weighted by atomic mass is 9.94. The van der Waals surface area contributed by atoms with Crippen molar-refractivity contribution in [1.82, 2.24) is 10.2 Å². The Morgan fingerprint density at radius 1 is 1.21 bits per heavy atom. The quantitative estimate of drug-likeness (QED) is 0.800. The Morgan fingerprint density at radius 3 is 2.37 bits per heavy atom. The fraction of sp³-hybridized carbons (Fsp3) is 0.938. The molecule has 1 saturated heterocycles. The molecule has 3 heteroatoms. The summed E-state index contributed by atoms with van der Waals surface area (Å²) in [6.45, 7) is 7.91. The Bertz CT molecular complexity index is 321. The van der Waals surface area contributed by atoms with Gasteiger partial charge in [0, 0.05) is 18.1 Å². The molecule has 0 aromatic rings. The van der Waals surface area contributed by atoms with Gasteiger partial charge in [-0.25, -0.2) is 0 Å². The highest BCUT2D eigenvalue weighted by atomic mass is 15.2. The molecule has 0 spiro atoms. The molecule has 3 nitrogen and oxygen atoms in total. The number of nitrogens with one attached hydrogen (secondary N) is 1. The Balaban J connectivity index is 1.76. The largest absolute Gasteiger partial charge is 0.298 e. The smallest absolute Gasteiger partial charge is 0.104 e. The first kappa shape index (κ1) is 14.8. The van der Waals surface area contributed by atoms with Crippen LogP contribution in [0.25, 0.3) is 0 Å². The zero-order chi connectivity index (χ0) is 13.9. The van der Waals surface area contributed by atoms with Gasteiger partial charge in [-0.15, -0.1) is 0 Å². The summed E-state index contributed by atoms with van der Waals surface area (Å²) >= 11 is 0. The molecule has 1 aliphatic carbocycles. The van der Waals surface area contributed by atoms with E-state index in [1.165, 1.54) is 32.1 Å². The third-order valence-corrected chi connectivity index (χ3v) is 4.82. The maximum Gasteiger partial charge on any atom is 0.104 e. The number of hydrogen-bond acceptors (Lipinski definition) is 3. The van der Waals surface area contributed by atoms with E-state index in [0.29, 0.717) is 18.1 Å². The molecular weight excluding hydrogens is 234 g/mol. The lowest BCUT2D eigenvalue weighted by Crippen LogP contribution is -2.46. The fourth-order valence-corrected chi connectivity index (χ4v) is 3.37. The van der Waals surface area contributed by atoms with Crippen LogP contribution >= 0.6 is 0 Å². The lowest BCUT2D eigenvalue weighted by Gasteiger charge is -2.39. The lowest BCUT2D eigenvalue weighted by molar-refractivity contribution is 0.0992. The van der Waals surface area contributed by atoms with Gasteiger partial charge in [-0.05, 0) is 65.8 Å².